The maximum atomic E-state index is 5.90. The zero-order chi connectivity index (χ0) is 12.4. The third-order valence-corrected chi connectivity index (χ3v) is 3.33. The summed E-state index contributed by atoms with van der Waals surface area (Å²) >= 11 is 15.1. The average molecular weight is 333 g/mol. The van der Waals surface area contributed by atoms with Gasteiger partial charge in [0.25, 0.3) is 0 Å². The first-order chi connectivity index (χ1) is 8.06. The number of benzene rings is 2. The molecule has 0 atom stereocenters. The Morgan fingerprint density at radius 2 is 1.76 bits per heavy atom. The van der Waals surface area contributed by atoms with Crippen LogP contribution in [0.15, 0.2) is 40.9 Å². The molecule has 0 fully saturated rings. The second kappa shape index (κ2) is 5.17. The van der Waals surface area contributed by atoms with E-state index < -0.39 is 0 Å². The van der Waals surface area contributed by atoms with Gasteiger partial charge >= 0.3 is 0 Å². The van der Waals surface area contributed by atoms with Gasteiger partial charge in [0.1, 0.15) is 5.75 Å². The topological polar surface area (TPSA) is 35.2 Å². The van der Waals surface area contributed by atoms with Crippen molar-refractivity contribution in [1.29, 1.82) is 0 Å². The molecule has 0 bridgehead atoms. The van der Waals surface area contributed by atoms with Crippen LogP contribution in [0, 0.1) is 0 Å². The number of hydrogen-bond donors (Lipinski definition) is 1. The summed E-state index contributed by atoms with van der Waals surface area (Å²) in [5.74, 6) is 1.15. The smallest absolute Gasteiger partial charge is 0.151 e. The number of nitrogens with two attached hydrogens (primary N) is 1. The number of nitrogen functional groups attached to an aromatic ring is 1. The highest BCUT2D eigenvalue weighted by molar-refractivity contribution is 9.10. The summed E-state index contributed by atoms with van der Waals surface area (Å²) < 4.78 is 6.52. The van der Waals surface area contributed by atoms with Crippen molar-refractivity contribution in [2.75, 3.05) is 5.73 Å². The molecule has 0 heterocycles. The van der Waals surface area contributed by atoms with Gasteiger partial charge in [-0.3, -0.25) is 0 Å². The largest absolute Gasteiger partial charge is 0.455 e. The first-order valence-corrected chi connectivity index (χ1v) is 6.29. The molecule has 0 spiro atoms. The van der Waals surface area contributed by atoms with Gasteiger partial charge in [0.15, 0.2) is 5.75 Å². The molecule has 0 saturated carbocycles. The highest BCUT2D eigenvalue weighted by atomic mass is 79.9. The molecule has 2 nitrogen and oxygen atoms in total. The lowest BCUT2D eigenvalue weighted by Crippen LogP contribution is -1.91. The van der Waals surface area contributed by atoms with E-state index >= 15 is 0 Å². The van der Waals surface area contributed by atoms with Crippen LogP contribution in [0.4, 0.5) is 5.69 Å². The molecule has 0 unspecified atom stereocenters. The maximum Gasteiger partial charge on any atom is 0.151 e. The molecule has 2 aromatic rings. The molecular weight excluding hydrogens is 325 g/mol. The lowest BCUT2D eigenvalue weighted by atomic mass is 10.3. The molecule has 5 heteroatoms. The Morgan fingerprint density at radius 3 is 2.47 bits per heavy atom. The van der Waals surface area contributed by atoms with E-state index in [4.69, 9.17) is 33.7 Å². The van der Waals surface area contributed by atoms with E-state index in [1.54, 1.807) is 30.3 Å². The molecule has 2 rings (SSSR count). The van der Waals surface area contributed by atoms with Crippen LogP contribution in [0.2, 0.25) is 10.0 Å². The fraction of sp³-hybridized carbons (Fsp3) is 0. The van der Waals surface area contributed by atoms with E-state index in [2.05, 4.69) is 15.9 Å². The fourth-order valence-corrected chi connectivity index (χ4v) is 1.89. The Labute approximate surface area is 117 Å². The molecule has 0 aliphatic carbocycles. The number of anilines is 1. The Bertz CT molecular complexity index is 560. The molecule has 2 N–H and O–H groups in total. The third kappa shape index (κ3) is 3.06. The van der Waals surface area contributed by atoms with E-state index in [0.29, 0.717) is 27.2 Å². The van der Waals surface area contributed by atoms with Crippen LogP contribution in [-0.4, -0.2) is 0 Å². The summed E-state index contributed by atoms with van der Waals surface area (Å²) in [6.45, 7) is 0. The van der Waals surface area contributed by atoms with Gasteiger partial charge in [0.05, 0.1) is 15.7 Å². The predicted octanol–water partition coefficient (Wildman–Crippen LogP) is 5.13. The Kier molecular flexibility index (Phi) is 3.82. The highest BCUT2D eigenvalue weighted by Crippen LogP contribution is 2.33. The molecule has 0 aliphatic heterocycles. The summed E-state index contributed by atoms with van der Waals surface area (Å²) in [6.07, 6.45) is 0. The number of halogens is 3. The van der Waals surface area contributed by atoms with E-state index in [-0.39, 0.29) is 0 Å². The summed E-state index contributed by atoms with van der Waals surface area (Å²) in [6, 6.07) is 10.4. The van der Waals surface area contributed by atoms with Crippen molar-refractivity contribution in [1.82, 2.24) is 0 Å². The van der Waals surface area contributed by atoms with Crippen LogP contribution < -0.4 is 10.5 Å². The van der Waals surface area contributed by atoms with Crippen LogP contribution in [0.1, 0.15) is 0 Å². The minimum Gasteiger partial charge on any atom is -0.455 e. The monoisotopic (exact) mass is 331 g/mol. The minimum absolute atomic E-state index is 0.442. The van der Waals surface area contributed by atoms with Gasteiger partial charge in [-0.1, -0.05) is 39.1 Å². The normalized spacial score (nSPS) is 10.3. The average Bonchev–Trinajstić information content (AvgIpc) is 2.29. The predicted molar refractivity (Wildman–Crippen MR) is 75.1 cm³/mol. The van der Waals surface area contributed by atoms with Crippen LogP contribution in [-0.2, 0) is 0 Å². The number of ether oxygens (including phenoxy) is 1. The maximum absolute atomic E-state index is 5.90. The Morgan fingerprint density at radius 1 is 1.00 bits per heavy atom. The van der Waals surface area contributed by atoms with E-state index in [9.17, 15) is 0 Å². The van der Waals surface area contributed by atoms with Gasteiger partial charge in [0, 0.05) is 10.5 Å². The molecule has 0 aliphatic rings. The molecule has 88 valence electrons. The van der Waals surface area contributed by atoms with Crippen LogP contribution in [0.25, 0.3) is 0 Å². The SMILES string of the molecule is Nc1ccc(Br)cc1Oc1ccc(Cl)c(Cl)c1. The van der Waals surface area contributed by atoms with Crippen molar-refractivity contribution in [2.45, 2.75) is 0 Å². The summed E-state index contributed by atoms with van der Waals surface area (Å²) in [4.78, 5) is 0. The molecule has 2 aromatic carbocycles. The fourth-order valence-electron chi connectivity index (χ4n) is 1.26. The molecule has 0 amide bonds. The molecule has 17 heavy (non-hydrogen) atoms. The molecular formula is C12H8BrCl2NO. The second-order valence-corrected chi connectivity index (χ2v) is 5.09. The van der Waals surface area contributed by atoms with Crippen molar-refractivity contribution in [3.63, 3.8) is 0 Å². The Hall–Kier alpha value is -0.900. The van der Waals surface area contributed by atoms with Crippen molar-refractivity contribution in [2.24, 2.45) is 0 Å². The zero-order valence-electron chi connectivity index (χ0n) is 8.58. The van der Waals surface area contributed by atoms with Crippen molar-refractivity contribution < 1.29 is 4.74 Å². The second-order valence-electron chi connectivity index (χ2n) is 3.36. The number of rotatable bonds is 2. The minimum atomic E-state index is 0.442. The highest BCUT2D eigenvalue weighted by Gasteiger charge is 2.05. The van der Waals surface area contributed by atoms with E-state index in [1.807, 2.05) is 6.07 Å². The lowest BCUT2D eigenvalue weighted by molar-refractivity contribution is 0.485. The van der Waals surface area contributed by atoms with Gasteiger partial charge < -0.3 is 10.5 Å². The zero-order valence-corrected chi connectivity index (χ0v) is 11.7. The summed E-state index contributed by atoms with van der Waals surface area (Å²) in [5.41, 5.74) is 6.36. The summed E-state index contributed by atoms with van der Waals surface area (Å²) in [7, 11) is 0. The van der Waals surface area contributed by atoms with Gasteiger partial charge in [-0.15, -0.1) is 0 Å². The van der Waals surface area contributed by atoms with Gasteiger partial charge in [-0.05, 0) is 30.3 Å². The van der Waals surface area contributed by atoms with Crippen LogP contribution in [0.3, 0.4) is 0 Å². The molecule has 0 radical (unpaired) electrons. The lowest BCUT2D eigenvalue weighted by Gasteiger charge is -2.09. The third-order valence-electron chi connectivity index (χ3n) is 2.09. The van der Waals surface area contributed by atoms with Crippen LogP contribution in [0.5, 0.6) is 11.5 Å². The van der Waals surface area contributed by atoms with Crippen LogP contribution >= 0.6 is 39.1 Å². The molecule has 0 saturated heterocycles. The van der Waals surface area contributed by atoms with E-state index in [0.717, 1.165) is 4.47 Å². The van der Waals surface area contributed by atoms with Crippen molar-refractivity contribution in [3.05, 3.63) is 50.9 Å². The van der Waals surface area contributed by atoms with Crippen molar-refractivity contribution in [3.8, 4) is 11.5 Å². The first-order valence-electron chi connectivity index (χ1n) is 4.74. The summed E-state index contributed by atoms with van der Waals surface area (Å²) in [5, 5.41) is 0.930. The van der Waals surface area contributed by atoms with Gasteiger partial charge in [0.2, 0.25) is 0 Å². The quantitative estimate of drug-likeness (QED) is 0.773. The number of hydrogen-bond acceptors (Lipinski definition) is 2. The van der Waals surface area contributed by atoms with Gasteiger partial charge in [-0.25, -0.2) is 0 Å². The Balaban J connectivity index is 2.31. The molecule has 0 aromatic heterocycles. The van der Waals surface area contributed by atoms with Gasteiger partial charge in [-0.2, -0.15) is 0 Å². The van der Waals surface area contributed by atoms with E-state index in [1.165, 1.54) is 0 Å². The van der Waals surface area contributed by atoms with Crippen molar-refractivity contribution >= 4 is 44.8 Å². The first kappa shape index (κ1) is 12.6. The standard InChI is InChI=1S/C12H8BrCl2NO/c13-7-1-4-11(16)12(5-7)17-8-2-3-9(14)10(15)6-8/h1-6H,16H2.